The Morgan fingerprint density at radius 1 is 1.00 bits per heavy atom. The van der Waals surface area contributed by atoms with Gasteiger partial charge in [0.25, 0.3) is 15.9 Å². The van der Waals surface area contributed by atoms with E-state index in [2.05, 4.69) is 10.0 Å². The summed E-state index contributed by atoms with van der Waals surface area (Å²) in [6.07, 6.45) is 0. The first-order valence-corrected chi connectivity index (χ1v) is 10.5. The van der Waals surface area contributed by atoms with E-state index in [1.54, 1.807) is 37.3 Å². The van der Waals surface area contributed by atoms with E-state index in [9.17, 15) is 17.6 Å². The van der Waals surface area contributed by atoms with Crippen LogP contribution in [0.25, 0.3) is 0 Å². The summed E-state index contributed by atoms with van der Waals surface area (Å²) >= 11 is 5.74. The van der Waals surface area contributed by atoms with Gasteiger partial charge in [0.15, 0.2) is 0 Å². The van der Waals surface area contributed by atoms with Gasteiger partial charge in [-0.05, 0) is 61.9 Å². The van der Waals surface area contributed by atoms with E-state index in [1.807, 2.05) is 6.92 Å². The summed E-state index contributed by atoms with van der Waals surface area (Å²) in [5.41, 5.74) is 2.28. The highest BCUT2D eigenvalue weighted by Gasteiger charge is 2.18. The predicted octanol–water partition coefficient (Wildman–Crippen LogP) is 5.15. The number of hydrogen-bond donors (Lipinski definition) is 2. The van der Waals surface area contributed by atoms with Gasteiger partial charge in [0, 0.05) is 11.3 Å². The van der Waals surface area contributed by atoms with Gasteiger partial charge in [-0.15, -0.1) is 0 Å². The lowest BCUT2D eigenvalue weighted by molar-refractivity contribution is 0.102. The zero-order valence-electron chi connectivity index (χ0n) is 15.7. The standard InChI is InChI=1S/C21H18ClFN2O3S/c1-13-6-9-16(10-7-13)29(27,28)25-20-5-3-4-17(14(20)2)21(26)24-15-8-11-19(23)18(22)12-15/h3-12,25H,1-2H3,(H,24,26). The molecule has 0 radical (unpaired) electrons. The van der Waals surface area contributed by atoms with Crippen LogP contribution in [0, 0.1) is 19.7 Å². The summed E-state index contributed by atoms with van der Waals surface area (Å²) in [6, 6.07) is 15.0. The Labute approximate surface area is 173 Å². The Balaban J connectivity index is 1.86. The van der Waals surface area contributed by atoms with Crippen molar-refractivity contribution in [3.8, 4) is 0 Å². The van der Waals surface area contributed by atoms with Gasteiger partial charge in [-0.2, -0.15) is 0 Å². The van der Waals surface area contributed by atoms with Gasteiger partial charge in [0.05, 0.1) is 15.6 Å². The monoisotopic (exact) mass is 432 g/mol. The fourth-order valence-electron chi connectivity index (χ4n) is 2.69. The molecule has 3 rings (SSSR count). The molecule has 0 fully saturated rings. The van der Waals surface area contributed by atoms with Crippen LogP contribution in [0.3, 0.4) is 0 Å². The molecular weight excluding hydrogens is 415 g/mol. The highest BCUT2D eigenvalue weighted by molar-refractivity contribution is 7.92. The Bertz CT molecular complexity index is 1180. The third-order valence-corrected chi connectivity index (χ3v) is 6.00. The molecule has 3 aromatic carbocycles. The highest BCUT2D eigenvalue weighted by Crippen LogP contribution is 2.25. The Morgan fingerprint density at radius 3 is 2.34 bits per heavy atom. The van der Waals surface area contributed by atoms with Gasteiger partial charge < -0.3 is 5.32 Å². The molecule has 0 unspecified atom stereocenters. The lowest BCUT2D eigenvalue weighted by Crippen LogP contribution is -2.17. The second-order valence-corrected chi connectivity index (χ2v) is 8.57. The van der Waals surface area contributed by atoms with Gasteiger partial charge in [0.1, 0.15) is 5.82 Å². The topological polar surface area (TPSA) is 75.3 Å². The predicted molar refractivity (Wildman–Crippen MR) is 113 cm³/mol. The van der Waals surface area contributed by atoms with Crippen molar-refractivity contribution in [2.75, 3.05) is 10.0 Å². The summed E-state index contributed by atoms with van der Waals surface area (Å²) in [6.45, 7) is 3.50. The minimum absolute atomic E-state index is 0.112. The third kappa shape index (κ3) is 4.75. The highest BCUT2D eigenvalue weighted by atomic mass is 35.5. The van der Waals surface area contributed by atoms with E-state index < -0.39 is 21.7 Å². The molecule has 150 valence electrons. The fourth-order valence-corrected chi connectivity index (χ4v) is 3.99. The smallest absolute Gasteiger partial charge is 0.261 e. The number of carbonyl (C=O) groups is 1. The molecule has 0 aliphatic carbocycles. The van der Waals surface area contributed by atoms with Gasteiger partial charge >= 0.3 is 0 Å². The minimum atomic E-state index is -3.81. The molecule has 1 amide bonds. The Morgan fingerprint density at radius 2 is 1.69 bits per heavy atom. The fraction of sp³-hybridized carbons (Fsp3) is 0.0952. The summed E-state index contributed by atoms with van der Waals surface area (Å²) in [4.78, 5) is 12.8. The van der Waals surface area contributed by atoms with Crippen LogP contribution < -0.4 is 10.0 Å². The van der Waals surface area contributed by atoms with Crippen molar-refractivity contribution in [1.82, 2.24) is 0 Å². The van der Waals surface area contributed by atoms with Crippen LogP contribution in [0.2, 0.25) is 5.02 Å². The first kappa shape index (κ1) is 20.8. The number of amides is 1. The molecule has 0 saturated carbocycles. The molecule has 29 heavy (non-hydrogen) atoms. The minimum Gasteiger partial charge on any atom is -0.322 e. The normalized spacial score (nSPS) is 11.2. The second-order valence-electron chi connectivity index (χ2n) is 6.48. The number of rotatable bonds is 5. The zero-order valence-corrected chi connectivity index (χ0v) is 17.2. The molecule has 0 aliphatic rings. The van der Waals surface area contributed by atoms with Crippen molar-refractivity contribution >= 4 is 38.9 Å². The number of hydrogen-bond acceptors (Lipinski definition) is 3. The van der Waals surface area contributed by atoms with Crippen LogP contribution in [0.15, 0.2) is 65.6 Å². The number of aryl methyl sites for hydroxylation is 1. The molecule has 0 aromatic heterocycles. The molecule has 0 bridgehead atoms. The largest absolute Gasteiger partial charge is 0.322 e. The molecule has 3 aromatic rings. The van der Waals surface area contributed by atoms with Crippen LogP contribution in [0.5, 0.6) is 0 Å². The lowest BCUT2D eigenvalue weighted by Gasteiger charge is -2.14. The molecule has 2 N–H and O–H groups in total. The van der Waals surface area contributed by atoms with Gasteiger partial charge in [-0.1, -0.05) is 35.4 Å². The van der Waals surface area contributed by atoms with Crippen molar-refractivity contribution < 1.29 is 17.6 Å². The zero-order chi connectivity index (χ0) is 21.2. The van der Waals surface area contributed by atoms with Crippen molar-refractivity contribution in [2.24, 2.45) is 0 Å². The van der Waals surface area contributed by atoms with E-state index in [-0.39, 0.29) is 21.2 Å². The molecule has 0 atom stereocenters. The molecule has 0 saturated heterocycles. The SMILES string of the molecule is Cc1ccc(S(=O)(=O)Nc2cccc(C(=O)Nc3ccc(F)c(Cl)c3)c2C)cc1. The summed E-state index contributed by atoms with van der Waals surface area (Å²) < 4.78 is 41.1. The van der Waals surface area contributed by atoms with Crippen molar-refractivity contribution in [1.29, 1.82) is 0 Å². The summed E-state index contributed by atoms with van der Waals surface area (Å²) in [5, 5.41) is 2.52. The van der Waals surface area contributed by atoms with Gasteiger partial charge in [0.2, 0.25) is 0 Å². The van der Waals surface area contributed by atoms with E-state index in [4.69, 9.17) is 11.6 Å². The lowest BCUT2D eigenvalue weighted by atomic mass is 10.1. The number of carbonyl (C=O) groups excluding carboxylic acids is 1. The maximum absolute atomic E-state index is 13.3. The summed E-state index contributed by atoms with van der Waals surface area (Å²) in [5.74, 6) is -1.06. The molecule has 5 nitrogen and oxygen atoms in total. The summed E-state index contributed by atoms with van der Waals surface area (Å²) in [7, 11) is -3.81. The first-order valence-electron chi connectivity index (χ1n) is 8.63. The van der Waals surface area contributed by atoms with Gasteiger partial charge in [-0.3, -0.25) is 9.52 Å². The maximum atomic E-state index is 13.3. The van der Waals surface area contributed by atoms with E-state index >= 15 is 0 Å². The van der Waals surface area contributed by atoms with Crippen LogP contribution in [-0.2, 0) is 10.0 Å². The van der Waals surface area contributed by atoms with Crippen molar-refractivity contribution in [2.45, 2.75) is 18.7 Å². The molecule has 0 spiro atoms. The van der Waals surface area contributed by atoms with Crippen LogP contribution in [-0.4, -0.2) is 14.3 Å². The average Bonchev–Trinajstić information content (AvgIpc) is 2.66. The molecular formula is C21H18ClFN2O3S. The van der Waals surface area contributed by atoms with Crippen molar-refractivity contribution in [3.05, 3.63) is 88.2 Å². The molecule has 0 heterocycles. The van der Waals surface area contributed by atoms with Crippen LogP contribution in [0.1, 0.15) is 21.5 Å². The third-order valence-electron chi connectivity index (χ3n) is 4.33. The van der Waals surface area contributed by atoms with Crippen LogP contribution >= 0.6 is 11.6 Å². The molecule has 0 aliphatic heterocycles. The number of nitrogens with one attached hydrogen (secondary N) is 2. The average molecular weight is 433 g/mol. The Hall–Kier alpha value is -2.90. The number of benzene rings is 3. The Kier molecular flexibility index (Phi) is 5.91. The van der Waals surface area contributed by atoms with E-state index in [0.29, 0.717) is 11.3 Å². The van der Waals surface area contributed by atoms with E-state index in [1.165, 1.54) is 24.3 Å². The second kappa shape index (κ2) is 8.23. The number of halogens is 2. The van der Waals surface area contributed by atoms with E-state index in [0.717, 1.165) is 11.6 Å². The van der Waals surface area contributed by atoms with Gasteiger partial charge in [-0.25, -0.2) is 12.8 Å². The van der Waals surface area contributed by atoms with Crippen molar-refractivity contribution in [3.63, 3.8) is 0 Å². The molecule has 8 heteroatoms. The van der Waals surface area contributed by atoms with Crippen LogP contribution in [0.4, 0.5) is 15.8 Å². The maximum Gasteiger partial charge on any atom is 0.261 e. The first-order chi connectivity index (χ1) is 13.7. The number of anilines is 2. The number of sulfonamides is 1. The quantitative estimate of drug-likeness (QED) is 0.585.